The van der Waals surface area contributed by atoms with Gasteiger partial charge in [-0.2, -0.15) is 4.98 Å². The summed E-state index contributed by atoms with van der Waals surface area (Å²) in [5.74, 6) is 1.34. The molecule has 5 nitrogen and oxygen atoms in total. The number of nitrogens with zero attached hydrogens (tertiary/aromatic N) is 3. The smallest absolute Gasteiger partial charge is 0.234 e. The summed E-state index contributed by atoms with van der Waals surface area (Å²) >= 11 is 3.41. The molecular weight excluding hydrogens is 320 g/mol. The van der Waals surface area contributed by atoms with Crippen LogP contribution < -0.4 is 5.32 Å². The molecule has 2 aromatic rings. The average Bonchev–Trinajstić information content (AvgIpc) is 2.98. The highest BCUT2D eigenvalue weighted by molar-refractivity contribution is 9.10. The predicted octanol–water partition coefficient (Wildman–Crippen LogP) is 2.93. The van der Waals surface area contributed by atoms with Crippen molar-refractivity contribution in [1.82, 2.24) is 20.4 Å². The van der Waals surface area contributed by atoms with Gasteiger partial charge in [-0.3, -0.25) is 4.98 Å². The molecule has 1 N–H and O–H groups in total. The van der Waals surface area contributed by atoms with Crippen LogP contribution in [0.4, 0.5) is 0 Å². The lowest BCUT2D eigenvalue weighted by Crippen LogP contribution is -2.43. The van der Waals surface area contributed by atoms with Crippen molar-refractivity contribution >= 4 is 15.9 Å². The van der Waals surface area contributed by atoms with E-state index in [0.717, 1.165) is 48.3 Å². The van der Waals surface area contributed by atoms with Crippen LogP contribution in [0.25, 0.3) is 11.4 Å². The van der Waals surface area contributed by atoms with Crippen molar-refractivity contribution in [1.29, 1.82) is 0 Å². The van der Waals surface area contributed by atoms with E-state index in [2.05, 4.69) is 43.3 Å². The minimum Gasteiger partial charge on any atom is -0.338 e. The minimum atomic E-state index is -0.0249. The third-order valence-corrected chi connectivity index (χ3v) is 4.43. The zero-order valence-electron chi connectivity index (χ0n) is 11.4. The number of piperidine rings is 1. The summed E-state index contributed by atoms with van der Waals surface area (Å²) in [5.41, 5.74) is 0.840. The third-order valence-electron chi connectivity index (χ3n) is 3.99. The van der Waals surface area contributed by atoms with E-state index in [0.29, 0.717) is 5.82 Å². The maximum atomic E-state index is 5.55. The highest BCUT2D eigenvalue weighted by Crippen LogP contribution is 2.34. The normalized spacial score (nSPS) is 22.9. The Labute approximate surface area is 126 Å². The van der Waals surface area contributed by atoms with Crippen LogP contribution in [-0.2, 0) is 5.41 Å². The SMILES string of the molecule is CCC1(c2nc(-c3cncc(Br)c3)no2)CCCNC1. The lowest BCUT2D eigenvalue weighted by molar-refractivity contribution is 0.221. The first-order valence-corrected chi connectivity index (χ1v) is 7.69. The molecule has 1 fully saturated rings. The topological polar surface area (TPSA) is 63.8 Å². The van der Waals surface area contributed by atoms with Crippen LogP contribution in [0.1, 0.15) is 32.1 Å². The van der Waals surface area contributed by atoms with Crippen molar-refractivity contribution in [3.05, 3.63) is 28.8 Å². The van der Waals surface area contributed by atoms with Crippen LogP contribution in [0, 0.1) is 0 Å². The molecule has 1 saturated heterocycles. The Balaban J connectivity index is 1.93. The molecule has 0 bridgehead atoms. The van der Waals surface area contributed by atoms with Gasteiger partial charge < -0.3 is 9.84 Å². The Morgan fingerprint density at radius 2 is 2.35 bits per heavy atom. The number of pyridine rings is 1. The largest absolute Gasteiger partial charge is 0.338 e. The van der Waals surface area contributed by atoms with Gasteiger partial charge in [0.05, 0.1) is 5.41 Å². The van der Waals surface area contributed by atoms with Gasteiger partial charge in [-0.1, -0.05) is 12.1 Å². The molecule has 0 aliphatic carbocycles. The van der Waals surface area contributed by atoms with Gasteiger partial charge in [0, 0.05) is 29.0 Å². The van der Waals surface area contributed by atoms with E-state index in [1.807, 2.05) is 6.07 Å². The van der Waals surface area contributed by atoms with E-state index < -0.39 is 0 Å². The van der Waals surface area contributed by atoms with Gasteiger partial charge >= 0.3 is 0 Å². The average molecular weight is 337 g/mol. The van der Waals surface area contributed by atoms with Crippen LogP contribution in [0.3, 0.4) is 0 Å². The predicted molar refractivity (Wildman–Crippen MR) is 79.3 cm³/mol. The number of rotatable bonds is 3. The molecule has 3 heterocycles. The summed E-state index contributed by atoms with van der Waals surface area (Å²) in [6, 6.07) is 1.94. The highest BCUT2D eigenvalue weighted by Gasteiger charge is 2.37. The Morgan fingerprint density at radius 1 is 1.45 bits per heavy atom. The van der Waals surface area contributed by atoms with Gasteiger partial charge in [0.1, 0.15) is 0 Å². The van der Waals surface area contributed by atoms with Crippen LogP contribution in [0.2, 0.25) is 0 Å². The second-order valence-corrected chi connectivity index (χ2v) is 6.14. The van der Waals surface area contributed by atoms with Crippen molar-refractivity contribution in [2.75, 3.05) is 13.1 Å². The summed E-state index contributed by atoms with van der Waals surface area (Å²) in [7, 11) is 0. The number of aromatic nitrogens is 3. The Morgan fingerprint density at radius 3 is 3.05 bits per heavy atom. The molecule has 0 spiro atoms. The van der Waals surface area contributed by atoms with E-state index in [1.165, 1.54) is 0 Å². The minimum absolute atomic E-state index is 0.0249. The summed E-state index contributed by atoms with van der Waals surface area (Å²) in [6.07, 6.45) is 6.72. The quantitative estimate of drug-likeness (QED) is 0.933. The second kappa shape index (κ2) is 5.61. The van der Waals surface area contributed by atoms with E-state index >= 15 is 0 Å². The molecule has 3 rings (SSSR count). The van der Waals surface area contributed by atoms with Crippen molar-refractivity contribution in [3.63, 3.8) is 0 Å². The first-order valence-electron chi connectivity index (χ1n) is 6.89. The van der Waals surface area contributed by atoms with Gasteiger partial charge in [0.15, 0.2) is 0 Å². The van der Waals surface area contributed by atoms with Gasteiger partial charge in [0.2, 0.25) is 11.7 Å². The first kappa shape index (κ1) is 13.7. The van der Waals surface area contributed by atoms with Crippen molar-refractivity contribution in [2.24, 2.45) is 0 Å². The Kier molecular flexibility index (Phi) is 3.85. The fraction of sp³-hybridized carbons (Fsp3) is 0.500. The van der Waals surface area contributed by atoms with E-state index in [4.69, 9.17) is 4.52 Å². The zero-order chi connectivity index (χ0) is 14.0. The third kappa shape index (κ3) is 2.50. The molecule has 0 aromatic carbocycles. The van der Waals surface area contributed by atoms with Crippen molar-refractivity contribution in [2.45, 2.75) is 31.6 Å². The molecule has 1 atom stereocenters. The number of nitrogens with one attached hydrogen (secondary N) is 1. The van der Waals surface area contributed by atoms with Gasteiger partial charge in [-0.25, -0.2) is 0 Å². The summed E-state index contributed by atoms with van der Waals surface area (Å²) in [5, 5.41) is 7.56. The molecule has 0 radical (unpaired) electrons. The molecule has 0 amide bonds. The van der Waals surface area contributed by atoms with E-state index in [-0.39, 0.29) is 5.41 Å². The van der Waals surface area contributed by atoms with Crippen LogP contribution in [0.5, 0.6) is 0 Å². The Hall–Kier alpha value is -1.27. The van der Waals surface area contributed by atoms with E-state index in [9.17, 15) is 0 Å². The zero-order valence-corrected chi connectivity index (χ0v) is 13.0. The molecule has 106 valence electrons. The molecule has 1 aliphatic heterocycles. The molecule has 0 saturated carbocycles. The highest BCUT2D eigenvalue weighted by atomic mass is 79.9. The summed E-state index contributed by atoms with van der Waals surface area (Å²) in [4.78, 5) is 8.75. The molecule has 20 heavy (non-hydrogen) atoms. The van der Waals surface area contributed by atoms with Crippen LogP contribution >= 0.6 is 15.9 Å². The number of hydrogen-bond acceptors (Lipinski definition) is 5. The van der Waals surface area contributed by atoms with Gasteiger partial charge in [-0.05, 0) is 47.8 Å². The lowest BCUT2D eigenvalue weighted by atomic mass is 9.78. The van der Waals surface area contributed by atoms with Gasteiger partial charge in [-0.15, -0.1) is 0 Å². The fourth-order valence-electron chi connectivity index (χ4n) is 2.69. The van der Waals surface area contributed by atoms with Gasteiger partial charge in [0.25, 0.3) is 0 Å². The molecular formula is C14H17BrN4O. The summed E-state index contributed by atoms with van der Waals surface area (Å²) in [6.45, 7) is 4.15. The number of halogens is 1. The fourth-order valence-corrected chi connectivity index (χ4v) is 3.06. The molecule has 1 aliphatic rings. The molecule has 6 heteroatoms. The molecule has 2 aromatic heterocycles. The van der Waals surface area contributed by atoms with Crippen molar-refractivity contribution in [3.8, 4) is 11.4 Å². The first-order chi connectivity index (χ1) is 9.73. The Bertz CT molecular complexity index is 592. The van der Waals surface area contributed by atoms with E-state index in [1.54, 1.807) is 12.4 Å². The number of hydrogen-bond donors (Lipinski definition) is 1. The lowest BCUT2D eigenvalue weighted by Gasteiger charge is -2.33. The maximum absolute atomic E-state index is 5.55. The monoisotopic (exact) mass is 336 g/mol. The standard InChI is InChI=1S/C14H17BrN4O/c1-2-14(4-3-5-16-9-14)13-18-12(19-20-13)10-6-11(15)8-17-7-10/h6-8,16H,2-5,9H2,1H3. The second-order valence-electron chi connectivity index (χ2n) is 5.23. The molecule has 1 unspecified atom stereocenters. The van der Waals surface area contributed by atoms with Crippen molar-refractivity contribution < 1.29 is 4.52 Å². The van der Waals surface area contributed by atoms with Crippen LogP contribution in [-0.4, -0.2) is 28.2 Å². The summed E-state index contributed by atoms with van der Waals surface area (Å²) < 4.78 is 6.46. The maximum Gasteiger partial charge on any atom is 0.234 e. The van der Waals surface area contributed by atoms with Crippen LogP contribution in [0.15, 0.2) is 27.5 Å².